The minimum Gasteiger partial charge on any atom is -0.368 e. The van der Waals surface area contributed by atoms with Gasteiger partial charge in [-0.25, -0.2) is 4.98 Å². The second-order valence-electron chi connectivity index (χ2n) is 6.70. The largest absolute Gasteiger partial charge is 0.368 e. The fourth-order valence-corrected chi connectivity index (χ4v) is 2.83. The number of hydrogen-bond donors (Lipinski definition) is 3. The van der Waals surface area contributed by atoms with Crippen LogP contribution < -0.4 is 11.1 Å². The lowest BCUT2D eigenvalue weighted by Gasteiger charge is -2.16. The summed E-state index contributed by atoms with van der Waals surface area (Å²) in [6.07, 6.45) is 2.23. The van der Waals surface area contributed by atoms with E-state index in [1.807, 2.05) is 42.7 Å². The predicted octanol–water partition coefficient (Wildman–Crippen LogP) is 1.44. The van der Waals surface area contributed by atoms with Crippen LogP contribution in [0.2, 0.25) is 0 Å². The van der Waals surface area contributed by atoms with Crippen LogP contribution in [0, 0.1) is 5.92 Å². The Morgan fingerprint density at radius 1 is 1.31 bits per heavy atom. The van der Waals surface area contributed by atoms with Gasteiger partial charge in [0.25, 0.3) is 5.91 Å². The third kappa shape index (κ3) is 3.90. The number of nitrogens with one attached hydrogen (secondary N) is 2. The van der Waals surface area contributed by atoms with Crippen molar-refractivity contribution in [2.45, 2.75) is 32.9 Å². The van der Waals surface area contributed by atoms with Crippen LogP contribution in [0.3, 0.4) is 0 Å². The van der Waals surface area contributed by atoms with Crippen LogP contribution in [0.15, 0.2) is 36.7 Å². The molecule has 0 saturated carbocycles. The first kappa shape index (κ1) is 17.7. The molecule has 0 fully saturated rings. The molecule has 0 unspecified atom stereocenters. The number of imidazole rings is 1. The van der Waals surface area contributed by atoms with Crippen LogP contribution in [0.1, 0.15) is 36.5 Å². The summed E-state index contributed by atoms with van der Waals surface area (Å²) in [5.74, 6) is -0.739. The second kappa shape index (κ2) is 7.38. The van der Waals surface area contributed by atoms with Gasteiger partial charge in [0.2, 0.25) is 5.91 Å². The fraction of sp³-hybridized carbons (Fsp3) is 0.333. The summed E-state index contributed by atoms with van der Waals surface area (Å²) in [5.41, 5.74) is 8.26. The molecule has 136 valence electrons. The van der Waals surface area contributed by atoms with Gasteiger partial charge in [-0.05, 0) is 30.5 Å². The van der Waals surface area contributed by atoms with Gasteiger partial charge in [-0.1, -0.05) is 26.0 Å². The Morgan fingerprint density at radius 2 is 2.08 bits per heavy atom. The van der Waals surface area contributed by atoms with Crippen LogP contribution in [-0.2, 0) is 11.3 Å². The van der Waals surface area contributed by atoms with Crippen molar-refractivity contribution in [2.75, 3.05) is 0 Å². The number of carbonyl (C=O) groups is 2. The van der Waals surface area contributed by atoms with Gasteiger partial charge in [0.1, 0.15) is 11.7 Å². The van der Waals surface area contributed by atoms with Crippen LogP contribution in [0.25, 0.3) is 11.0 Å². The smallest absolute Gasteiger partial charge is 0.272 e. The average molecular weight is 354 g/mol. The average Bonchev–Trinajstić information content (AvgIpc) is 3.22. The molecule has 2 aromatic heterocycles. The van der Waals surface area contributed by atoms with E-state index < -0.39 is 17.9 Å². The standard InChI is InChI=1S/C18H22N6O2/c1-11(2)7-14(17(19)25)21-18(26)15-8-12(22-23-15)9-24-10-20-13-5-3-4-6-16(13)24/h3-6,8,10-11,14H,7,9H2,1-2H3,(H2,19,25)(H,21,26)(H,22,23)/t14-/m1/s1. The lowest BCUT2D eigenvalue weighted by Crippen LogP contribution is -2.45. The number of aromatic nitrogens is 4. The highest BCUT2D eigenvalue weighted by Gasteiger charge is 2.21. The Hall–Kier alpha value is -3.16. The zero-order valence-electron chi connectivity index (χ0n) is 14.8. The third-order valence-electron chi connectivity index (χ3n) is 4.09. The number of H-pyrrole nitrogens is 1. The zero-order valence-corrected chi connectivity index (χ0v) is 14.8. The van der Waals surface area contributed by atoms with Crippen molar-refractivity contribution in [1.29, 1.82) is 0 Å². The van der Waals surface area contributed by atoms with Crippen LogP contribution in [-0.4, -0.2) is 37.6 Å². The topological polar surface area (TPSA) is 119 Å². The van der Waals surface area contributed by atoms with E-state index in [-0.39, 0.29) is 11.6 Å². The van der Waals surface area contributed by atoms with Crippen LogP contribution >= 0.6 is 0 Å². The maximum Gasteiger partial charge on any atom is 0.272 e. The Morgan fingerprint density at radius 3 is 2.81 bits per heavy atom. The normalized spacial score (nSPS) is 12.4. The zero-order chi connectivity index (χ0) is 18.7. The van der Waals surface area contributed by atoms with Gasteiger partial charge >= 0.3 is 0 Å². The molecule has 2 heterocycles. The van der Waals surface area contributed by atoms with Gasteiger partial charge in [-0.3, -0.25) is 14.7 Å². The lowest BCUT2D eigenvalue weighted by molar-refractivity contribution is -0.120. The molecule has 4 N–H and O–H groups in total. The number of fused-ring (bicyclic) bond motifs is 1. The quantitative estimate of drug-likeness (QED) is 0.595. The van der Waals surface area contributed by atoms with Gasteiger partial charge in [0.15, 0.2) is 0 Å². The minimum atomic E-state index is -0.708. The first-order valence-electron chi connectivity index (χ1n) is 8.48. The molecule has 8 heteroatoms. The third-order valence-corrected chi connectivity index (χ3v) is 4.09. The molecule has 0 aliphatic heterocycles. The number of nitrogens with two attached hydrogens (primary N) is 1. The Labute approximate surface area is 150 Å². The molecule has 0 aliphatic rings. The molecule has 2 amide bonds. The molecule has 8 nitrogen and oxygen atoms in total. The summed E-state index contributed by atoms with van der Waals surface area (Å²) in [5, 5.41) is 9.55. The number of rotatable bonds is 7. The van der Waals surface area contributed by atoms with Gasteiger partial charge in [0.05, 0.1) is 29.6 Å². The fourth-order valence-electron chi connectivity index (χ4n) is 2.83. The van der Waals surface area contributed by atoms with Crippen molar-refractivity contribution >= 4 is 22.8 Å². The molecule has 0 saturated heterocycles. The van der Waals surface area contributed by atoms with Crippen molar-refractivity contribution in [2.24, 2.45) is 11.7 Å². The number of primary amides is 1. The molecule has 0 aliphatic carbocycles. The highest BCUT2D eigenvalue weighted by atomic mass is 16.2. The maximum atomic E-state index is 12.3. The summed E-state index contributed by atoms with van der Waals surface area (Å²) >= 11 is 0. The highest BCUT2D eigenvalue weighted by molar-refractivity contribution is 5.95. The number of carbonyl (C=O) groups excluding carboxylic acids is 2. The molecular formula is C18H22N6O2. The number of aromatic amines is 1. The Kier molecular flexibility index (Phi) is 5.01. The van der Waals surface area contributed by atoms with Crippen molar-refractivity contribution < 1.29 is 9.59 Å². The maximum absolute atomic E-state index is 12.3. The summed E-state index contributed by atoms with van der Waals surface area (Å²) in [4.78, 5) is 28.2. The molecule has 0 radical (unpaired) electrons. The van der Waals surface area contributed by atoms with Crippen molar-refractivity contribution in [3.05, 3.63) is 48.0 Å². The van der Waals surface area contributed by atoms with E-state index >= 15 is 0 Å². The van der Waals surface area contributed by atoms with Gasteiger partial charge in [-0.2, -0.15) is 5.10 Å². The van der Waals surface area contributed by atoms with E-state index in [0.717, 1.165) is 16.7 Å². The molecule has 1 atom stereocenters. The highest BCUT2D eigenvalue weighted by Crippen LogP contribution is 2.14. The first-order valence-corrected chi connectivity index (χ1v) is 8.48. The van der Waals surface area contributed by atoms with E-state index in [2.05, 4.69) is 20.5 Å². The van der Waals surface area contributed by atoms with Crippen molar-refractivity contribution in [1.82, 2.24) is 25.1 Å². The molecule has 3 aromatic rings. The van der Waals surface area contributed by atoms with Crippen molar-refractivity contribution in [3.8, 4) is 0 Å². The summed E-state index contributed by atoms with van der Waals surface area (Å²) < 4.78 is 1.97. The Bertz CT molecular complexity index is 927. The van der Waals surface area contributed by atoms with E-state index in [4.69, 9.17) is 5.73 Å². The van der Waals surface area contributed by atoms with Gasteiger partial charge in [-0.15, -0.1) is 0 Å². The summed E-state index contributed by atoms with van der Waals surface area (Å²) in [7, 11) is 0. The summed E-state index contributed by atoms with van der Waals surface area (Å²) in [6, 6.07) is 8.76. The van der Waals surface area contributed by atoms with Gasteiger partial charge < -0.3 is 15.6 Å². The van der Waals surface area contributed by atoms with E-state index in [9.17, 15) is 9.59 Å². The molecule has 26 heavy (non-hydrogen) atoms. The lowest BCUT2D eigenvalue weighted by atomic mass is 10.0. The molecule has 0 bridgehead atoms. The van der Waals surface area contributed by atoms with Crippen LogP contribution in [0.4, 0.5) is 0 Å². The first-order chi connectivity index (χ1) is 12.4. The number of nitrogens with zero attached hydrogens (tertiary/aromatic N) is 3. The molecule has 3 rings (SSSR count). The number of para-hydroxylation sites is 2. The predicted molar refractivity (Wildman–Crippen MR) is 97.3 cm³/mol. The van der Waals surface area contributed by atoms with E-state index in [1.54, 1.807) is 12.4 Å². The van der Waals surface area contributed by atoms with E-state index in [1.165, 1.54) is 0 Å². The molecule has 0 spiro atoms. The SMILES string of the molecule is CC(C)C[C@@H](NC(=O)c1cc(Cn2cnc3ccccc32)[nH]n1)C(N)=O. The number of hydrogen-bond acceptors (Lipinski definition) is 4. The van der Waals surface area contributed by atoms with E-state index in [0.29, 0.717) is 13.0 Å². The minimum absolute atomic E-state index is 0.222. The Balaban J connectivity index is 1.71. The van der Waals surface area contributed by atoms with Crippen molar-refractivity contribution in [3.63, 3.8) is 0 Å². The van der Waals surface area contributed by atoms with Gasteiger partial charge in [0, 0.05) is 0 Å². The number of amides is 2. The monoisotopic (exact) mass is 354 g/mol. The molecular weight excluding hydrogens is 332 g/mol. The molecule has 1 aromatic carbocycles. The second-order valence-corrected chi connectivity index (χ2v) is 6.70. The summed E-state index contributed by atoms with van der Waals surface area (Å²) in [6.45, 7) is 4.43. The van der Waals surface area contributed by atoms with Crippen LogP contribution in [0.5, 0.6) is 0 Å². The number of benzene rings is 1.